The van der Waals surface area contributed by atoms with E-state index in [1.54, 1.807) is 21.3 Å². The van der Waals surface area contributed by atoms with Crippen LogP contribution in [0, 0.1) is 12.0 Å². The van der Waals surface area contributed by atoms with Crippen LogP contribution in [-0.4, -0.2) is 30.1 Å². The lowest BCUT2D eigenvalue weighted by atomic mass is 9.86. The number of rotatable bonds is 7. The van der Waals surface area contributed by atoms with Crippen molar-refractivity contribution in [1.29, 1.82) is 0 Å². The molecule has 1 fully saturated rings. The molecule has 1 aliphatic rings. The smallest absolute Gasteiger partial charge is 0.377 e. The van der Waals surface area contributed by atoms with Crippen LogP contribution in [0.4, 0.5) is 0 Å². The maximum absolute atomic E-state index is 5.36. The summed E-state index contributed by atoms with van der Waals surface area (Å²) in [5, 5.41) is 0. The molecule has 1 radical (unpaired) electrons. The van der Waals surface area contributed by atoms with E-state index in [4.69, 9.17) is 13.3 Å². The Labute approximate surface area is 101 Å². The van der Waals surface area contributed by atoms with Gasteiger partial charge in [0, 0.05) is 27.4 Å². The minimum Gasteiger partial charge on any atom is -0.377 e. The maximum Gasteiger partial charge on any atom is 0.503 e. The highest BCUT2D eigenvalue weighted by molar-refractivity contribution is 6.64. The van der Waals surface area contributed by atoms with E-state index < -0.39 is 8.80 Å². The summed E-state index contributed by atoms with van der Waals surface area (Å²) in [5.74, 6) is 0.905. The molecule has 1 aliphatic carbocycles. The van der Waals surface area contributed by atoms with E-state index in [9.17, 15) is 0 Å². The standard InChI is InChI=1S/C12H25O3Si/c1-13-16(14-2,15-3)11-7-10-12-8-5-4-6-9-12/h11-12H,4-10H2,1-3H3. The van der Waals surface area contributed by atoms with Crippen LogP contribution in [0.2, 0.25) is 0 Å². The molecule has 0 N–H and O–H groups in total. The van der Waals surface area contributed by atoms with Gasteiger partial charge in [0.25, 0.3) is 0 Å². The van der Waals surface area contributed by atoms with Crippen LogP contribution in [0.3, 0.4) is 0 Å². The molecule has 0 amide bonds. The minimum absolute atomic E-state index is 0.905. The minimum atomic E-state index is -2.43. The summed E-state index contributed by atoms with van der Waals surface area (Å²) in [6.45, 7) is 0. The topological polar surface area (TPSA) is 27.7 Å². The molecule has 0 bridgehead atoms. The average Bonchev–Trinajstić information content (AvgIpc) is 2.37. The summed E-state index contributed by atoms with van der Waals surface area (Å²) in [5.41, 5.74) is 0. The second-order valence-corrected chi connectivity index (χ2v) is 7.34. The van der Waals surface area contributed by atoms with Crippen LogP contribution in [0.5, 0.6) is 0 Å². The summed E-state index contributed by atoms with van der Waals surface area (Å²) < 4.78 is 16.1. The van der Waals surface area contributed by atoms with Crippen LogP contribution >= 0.6 is 0 Å². The Morgan fingerprint density at radius 1 is 1.00 bits per heavy atom. The predicted octanol–water partition coefficient (Wildman–Crippen LogP) is 2.97. The van der Waals surface area contributed by atoms with Gasteiger partial charge in [-0.1, -0.05) is 38.5 Å². The Bertz CT molecular complexity index is 169. The molecular formula is C12H25O3Si. The van der Waals surface area contributed by atoms with Crippen molar-refractivity contribution in [3.8, 4) is 0 Å². The van der Waals surface area contributed by atoms with Gasteiger partial charge in [0.15, 0.2) is 0 Å². The normalized spacial score (nSPS) is 18.9. The monoisotopic (exact) mass is 245 g/mol. The number of hydrogen-bond acceptors (Lipinski definition) is 3. The predicted molar refractivity (Wildman–Crippen MR) is 66.9 cm³/mol. The Morgan fingerprint density at radius 2 is 1.56 bits per heavy atom. The largest absolute Gasteiger partial charge is 0.503 e. The first-order valence-electron chi connectivity index (χ1n) is 6.26. The van der Waals surface area contributed by atoms with E-state index in [1.807, 2.05) is 0 Å². The Kier molecular flexibility index (Phi) is 6.57. The third kappa shape index (κ3) is 4.16. The third-order valence-corrected chi connectivity index (χ3v) is 6.04. The summed E-state index contributed by atoms with van der Waals surface area (Å²) in [7, 11) is 2.56. The SMILES string of the molecule is CO[Si]([CH]CCC1CCCCC1)(OC)OC. The lowest BCUT2D eigenvalue weighted by Crippen LogP contribution is -2.43. The van der Waals surface area contributed by atoms with Crippen LogP contribution in [-0.2, 0) is 13.3 Å². The second kappa shape index (κ2) is 7.43. The van der Waals surface area contributed by atoms with Crippen LogP contribution in [0.1, 0.15) is 44.9 Å². The van der Waals surface area contributed by atoms with E-state index in [0.29, 0.717) is 0 Å². The quantitative estimate of drug-likeness (QED) is 0.645. The molecule has 16 heavy (non-hydrogen) atoms. The molecule has 0 spiro atoms. The van der Waals surface area contributed by atoms with Gasteiger partial charge in [0.05, 0.1) is 0 Å². The lowest BCUT2D eigenvalue weighted by molar-refractivity contribution is 0.131. The van der Waals surface area contributed by atoms with Gasteiger partial charge in [-0.25, -0.2) is 0 Å². The second-order valence-electron chi connectivity index (χ2n) is 4.50. The van der Waals surface area contributed by atoms with Crippen molar-refractivity contribution < 1.29 is 13.3 Å². The van der Waals surface area contributed by atoms with Crippen LogP contribution < -0.4 is 0 Å². The van der Waals surface area contributed by atoms with Gasteiger partial charge in [-0.3, -0.25) is 0 Å². The molecule has 3 nitrogen and oxygen atoms in total. The van der Waals surface area contributed by atoms with Crippen molar-refractivity contribution >= 4 is 8.80 Å². The van der Waals surface area contributed by atoms with E-state index in [1.165, 1.54) is 38.5 Å². The van der Waals surface area contributed by atoms with Crippen molar-refractivity contribution in [2.75, 3.05) is 21.3 Å². The van der Waals surface area contributed by atoms with Crippen molar-refractivity contribution in [3.63, 3.8) is 0 Å². The van der Waals surface area contributed by atoms with Gasteiger partial charge in [-0.15, -0.1) is 0 Å². The molecule has 0 aromatic rings. The van der Waals surface area contributed by atoms with Gasteiger partial charge in [-0.05, 0) is 12.3 Å². The molecule has 1 rings (SSSR count). The lowest BCUT2D eigenvalue weighted by Gasteiger charge is -2.26. The molecule has 1 saturated carbocycles. The first-order valence-corrected chi connectivity index (χ1v) is 8.06. The zero-order chi connectivity index (χ0) is 11.9. The van der Waals surface area contributed by atoms with E-state index >= 15 is 0 Å². The molecule has 0 unspecified atom stereocenters. The highest BCUT2D eigenvalue weighted by atomic mass is 28.4. The van der Waals surface area contributed by atoms with Crippen molar-refractivity contribution in [2.24, 2.45) is 5.92 Å². The zero-order valence-electron chi connectivity index (χ0n) is 10.8. The molecule has 0 aromatic carbocycles. The van der Waals surface area contributed by atoms with Gasteiger partial charge in [-0.2, -0.15) is 0 Å². The highest BCUT2D eigenvalue weighted by Crippen LogP contribution is 2.28. The third-order valence-electron chi connectivity index (χ3n) is 3.55. The summed E-state index contributed by atoms with van der Waals surface area (Å²) in [6, 6.07) is 2.13. The fourth-order valence-electron chi connectivity index (χ4n) is 2.47. The molecule has 0 aliphatic heterocycles. The fourth-order valence-corrected chi connectivity index (χ4v) is 3.99. The van der Waals surface area contributed by atoms with Crippen molar-refractivity contribution in [3.05, 3.63) is 6.04 Å². The molecule has 4 heteroatoms. The van der Waals surface area contributed by atoms with Crippen molar-refractivity contribution in [2.45, 2.75) is 44.9 Å². The highest BCUT2D eigenvalue weighted by Gasteiger charge is 2.37. The van der Waals surface area contributed by atoms with Crippen LogP contribution in [0.15, 0.2) is 0 Å². The molecule has 0 atom stereocenters. The van der Waals surface area contributed by atoms with Crippen molar-refractivity contribution in [1.82, 2.24) is 0 Å². The van der Waals surface area contributed by atoms with E-state index in [0.717, 1.165) is 12.3 Å². The molecule has 95 valence electrons. The Hall–Kier alpha value is 0.0969. The number of hydrogen-bond donors (Lipinski definition) is 0. The fraction of sp³-hybridized carbons (Fsp3) is 0.917. The van der Waals surface area contributed by atoms with Gasteiger partial charge in [0.2, 0.25) is 0 Å². The van der Waals surface area contributed by atoms with Gasteiger partial charge < -0.3 is 13.3 Å². The van der Waals surface area contributed by atoms with Gasteiger partial charge >= 0.3 is 8.80 Å². The average molecular weight is 245 g/mol. The summed E-state index contributed by atoms with van der Waals surface area (Å²) in [6.07, 6.45) is 9.34. The maximum atomic E-state index is 5.36. The first-order chi connectivity index (χ1) is 7.76. The molecular weight excluding hydrogens is 220 g/mol. The van der Waals surface area contributed by atoms with Crippen LogP contribution in [0.25, 0.3) is 0 Å². The molecule has 0 saturated heterocycles. The molecule has 0 aromatic heterocycles. The first kappa shape index (κ1) is 14.2. The Morgan fingerprint density at radius 3 is 2.06 bits per heavy atom. The van der Waals surface area contributed by atoms with E-state index in [-0.39, 0.29) is 0 Å². The van der Waals surface area contributed by atoms with Gasteiger partial charge in [0.1, 0.15) is 0 Å². The zero-order valence-corrected chi connectivity index (χ0v) is 11.8. The summed E-state index contributed by atoms with van der Waals surface area (Å²) in [4.78, 5) is 0. The Balaban J connectivity index is 2.21. The van der Waals surface area contributed by atoms with E-state index in [2.05, 4.69) is 6.04 Å². The molecule has 0 heterocycles. The summed E-state index contributed by atoms with van der Waals surface area (Å²) >= 11 is 0.